The molecular formula is C19H20ClN3O3. The predicted molar refractivity (Wildman–Crippen MR) is 100 cm³/mol. The molecule has 2 aromatic carbocycles. The molecule has 2 amide bonds. The largest absolute Gasteiger partial charge is 0.477 e. The van der Waals surface area contributed by atoms with Crippen LogP contribution in [0.25, 0.3) is 0 Å². The van der Waals surface area contributed by atoms with Crippen molar-refractivity contribution in [2.24, 2.45) is 5.73 Å². The van der Waals surface area contributed by atoms with Crippen LogP contribution in [-0.2, 0) is 9.59 Å². The zero-order chi connectivity index (χ0) is 18.7. The topological polar surface area (TPSA) is 84.7 Å². The van der Waals surface area contributed by atoms with Crippen molar-refractivity contribution in [1.29, 1.82) is 0 Å². The second-order valence-electron chi connectivity index (χ2n) is 6.14. The van der Waals surface area contributed by atoms with Crippen molar-refractivity contribution in [2.45, 2.75) is 19.1 Å². The van der Waals surface area contributed by atoms with Gasteiger partial charge in [-0.15, -0.1) is 0 Å². The second kappa shape index (κ2) is 7.76. The lowest BCUT2D eigenvalue weighted by atomic mass is 10.1. The number of carbonyl (C=O) groups excluding carboxylic acids is 2. The van der Waals surface area contributed by atoms with E-state index >= 15 is 0 Å². The molecule has 1 heterocycles. The van der Waals surface area contributed by atoms with Gasteiger partial charge in [0.05, 0.1) is 18.8 Å². The number of halogens is 1. The standard InChI is InChI=1S/C19H20ClN3O3/c1-12(13-6-8-14(20)9-7-13)22-10-18(24)23-11-17(19(21)25)26-16-5-3-2-4-15(16)23/h2-9,12,17,22H,10-11H2,1H3,(H2,21,25). The SMILES string of the molecule is CC(NCC(=O)N1CC(C(N)=O)Oc2ccccc21)c1ccc(Cl)cc1. The first-order chi connectivity index (χ1) is 12.5. The van der Waals surface area contributed by atoms with Gasteiger partial charge < -0.3 is 20.7 Å². The van der Waals surface area contributed by atoms with Crippen LogP contribution in [0.3, 0.4) is 0 Å². The van der Waals surface area contributed by atoms with Gasteiger partial charge in [-0.2, -0.15) is 0 Å². The molecule has 1 aliphatic rings. The molecule has 0 saturated carbocycles. The van der Waals surface area contributed by atoms with Crippen LogP contribution in [0, 0.1) is 0 Å². The summed E-state index contributed by atoms with van der Waals surface area (Å²) in [6.45, 7) is 2.18. The summed E-state index contributed by atoms with van der Waals surface area (Å²) in [6, 6.07) is 14.5. The quantitative estimate of drug-likeness (QED) is 0.842. The molecule has 0 saturated heterocycles. The molecule has 26 heavy (non-hydrogen) atoms. The van der Waals surface area contributed by atoms with E-state index in [0.717, 1.165) is 5.56 Å². The summed E-state index contributed by atoms with van der Waals surface area (Å²) in [7, 11) is 0. The number of amides is 2. The van der Waals surface area contributed by atoms with Crippen molar-refractivity contribution in [3.05, 3.63) is 59.1 Å². The smallest absolute Gasteiger partial charge is 0.260 e. The number of nitrogens with one attached hydrogen (secondary N) is 1. The van der Waals surface area contributed by atoms with Crippen LogP contribution in [0.2, 0.25) is 5.02 Å². The Hall–Kier alpha value is -2.57. The Kier molecular flexibility index (Phi) is 5.44. The molecule has 7 heteroatoms. The minimum absolute atomic E-state index is 0.0283. The second-order valence-corrected chi connectivity index (χ2v) is 6.57. The number of nitrogens with two attached hydrogens (primary N) is 1. The van der Waals surface area contributed by atoms with Crippen molar-refractivity contribution >= 4 is 29.1 Å². The number of ether oxygens (including phenoxy) is 1. The van der Waals surface area contributed by atoms with Crippen LogP contribution in [0.5, 0.6) is 5.75 Å². The Morgan fingerprint density at radius 3 is 2.65 bits per heavy atom. The molecule has 0 aromatic heterocycles. The highest BCUT2D eigenvalue weighted by Crippen LogP contribution is 2.33. The normalized spacial score (nSPS) is 17.2. The number of benzene rings is 2. The zero-order valence-electron chi connectivity index (χ0n) is 14.3. The Bertz CT molecular complexity index is 810. The highest BCUT2D eigenvalue weighted by Gasteiger charge is 2.32. The first-order valence-corrected chi connectivity index (χ1v) is 8.67. The van der Waals surface area contributed by atoms with E-state index in [1.807, 2.05) is 37.3 Å². The van der Waals surface area contributed by atoms with Gasteiger partial charge in [-0.25, -0.2) is 0 Å². The van der Waals surface area contributed by atoms with E-state index in [4.69, 9.17) is 22.1 Å². The maximum atomic E-state index is 12.8. The van der Waals surface area contributed by atoms with Gasteiger partial charge in [-0.1, -0.05) is 35.9 Å². The molecule has 3 rings (SSSR count). The Labute approximate surface area is 156 Å². The molecule has 1 aliphatic heterocycles. The fourth-order valence-corrected chi connectivity index (χ4v) is 2.95. The third kappa shape index (κ3) is 3.98. The number of para-hydroxylation sites is 2. The predicted octanol–water partition coefficient (Wildman–Crippen LogP) is 2.27. The van der Waals surface area contributed by atoms with Crippen molar-refractivity contribution < 1.29 is 14.3 Å². The molecule has 0 spiro atoms. The lowest BCUT2D eigenvalue weighted by molar-refractivity contribution is -0.125. The molecule has 2 aromatic rings. The Morgan fingerprint density at radius 1 is 1.27 bits per heavy atom. The average Bonchev–Trinajstić information content (AvgIpc) is 2.65. The van der Waals surface area contributed by atoms with Gasteiger partial charge in [0.1, 0.15) is 5.75 Å². The summed E-state index contributed by atoms with van der Waals surface area (Å²) in [5.74, 6) is -0.283. The first kappa shape index (κ1) is 18.2. The van der Waals surface area contributed by atoms with E-state index in [0.29, 0.717) is 16.5 Å². The highest BCUT2D eigenvalue weighted by molar-refractivity contribution is 6.30. The molecule has 3 N–H and O–H groups in total. The number of anilines is 1. The van der Waals surface area contributed by atoms with Crippen molar-refractivity contribution in [3.8, 4) is 5.75 Å². The number of fused-ring (bicyclic) bond motifs is 1. The van der Waals surface area contributed by atoms with Gasteiger partial charge in [-0.3, -0.25) is 9.59 Å². The summed E-state index contributed by atoms with van der Waals surface area (Å²) in [5, 5.41) is 3.87. The maximum Gasteiger partial charge on any atom is 0.260 e. The summed E-state index contributed by atoms with van der Waals surface area (Å²) < 4.78 is 5.58. The molecule has 0 fully saturated rings. The molecule has 136 valence electrons. The van der Waals surface area contributed by atoms with Crippen molar-refractivity contribution in [2.75, 3.05) is 18.0 Å². The number of primary amides is 1. The molecule has 2 unspecified atom stereocenters. The van der Waals surface area contributed by atoms with E-state index < -0.39 is 12.0 Å². The minimum Gasteiger partial charge on any atom is -0.477 e. The molecule has 0 bridgehead atoms. The number of hydrogen-bond donors (Lipinski definition) is 2. The fourth-order valence-electron chi connectivity index (χ4n) is 2.82. The molecule has 6 nitrogen and oxygen atoms in total. The molecule has 0 aliphatic carbocycles. The summed E-state index contributed by atoms with van der Waals surface area (Å²) in [4.78, 5) is 25.8. The van der Waals surface area contributed by atoms with E-state index in [1.165, 1.54) is 4.90 Å². The van der Waals surface area contributed by atoms with Crippen LogP contribution in [0.1, 0.15) is 18.5 Å². The van der Waals surface area contributed by atoms with Crippen molar-refractivity contribution in [1.82, 2.24) is 5.32 Å². The van der Waals surface area contributed by atoms with Gasteiger partial charge in [0.15, 0.2) is 6.10 Å². The van der Waals surface area contributed by atoms with E-state index in [9.17, 15) is 9.59 Å². The third-order valence-corrected chi connectivity index (χ3v) is 4.57. The zero-order valence-corrected chi connectivity index (χ0v) is 15.1. The van der Waals surface area contributed by atoms with Crippen LogP contribution in [0.4, 0.5) is 5.69 Å². The van der Waals surface area contributed by atoms with Gasteiger partial charge in [0.25, 0.3) is 5.91 Å². The van der Waals surface area contributed by atoms with Gasteiger partial charge >= 0.3 is 0 Å². The maximum absolute atomic E-state index is 12.8. The van der Waals surface area contributed by atoms with Crippen LogP contribution < -0.4 is 20.7 Å². The Morgan fingerprint density at radius 2 is 1.96 bits per heavy atom. The monoisotopic (exact) mass is 373 g/mol. The van der Waals surface area contributed by atoms with Crippen molar-refractivity contribution in [3.63, 3.8) is 0 Å². The van der Waals surface area contributed by atoms with Gasteiger partial charge in [0.2, 0.25) is 5.91 Å². The molecule has 2 atom stereocenters. The average molecular weight is 374 g/mol. The van der Waals surface area contributed by atoms with Crippen LogP contribution >= 0.6 is 11.6 Å². The highest BCUT2D eigenvalue weighted by atomic mass is 35.5. The summed E-state index contributed by atoms with van der Waals surface area (Å²) in [6.07, 6.45) is -0.859. The number of carbonyl (C=O) groups is 2. The van der Waals surface area contributed by atoms with E-state index in [1.54, 1.807) is 18.2 Å². The fraction of sp³-hybridized carbons (Fsp3) is 0.263. The lowest BCUT2D eigenvalue weighted by Gasteiger charge is -2.33. The Balaban J connectivity index is 1.70. The number of rotatable bonds is 5. The third-order valence-electron chi connectivity index (χ3n) is 4.32. The summed E-state index contributed by atoms with van der Waals surface area (Å²) in [5.41, 5.74) is 7.03. The first-order valence-electron chi connectivity index (χ1n) is 8.30. The summed E-state index contributed by atoms with van der Waals surface area (Å²) >= 11 is 5.90. The number of nitrogens with zero attached hydrogens (tertiary/aromatic N) is 1. The van der Waals surface area contributed by atoms with Crippen LogP contribution in [-0.4, -0.2) is 31.0 Å². The van der Waals surface area contributed by atoms with E-state index in [2.05, 4.69) is 5.32 Å². The molecule has 0 radical (unpaired) electrons. The lowest BCUT2D eigenvalue weighted by Crippen LogP contribution is -2.51. The minimum atomic E-state index is -0.859. The molecular weight excluding hydrogens is 354 g/mol. The van der Waals surface area contributed by atoms with E-state index in [-0.39, 0.29) is 25.0 Å². The number of hydrogen-bond acceptors (Lipinski definition) is 4. The van der Waals surface area contributed by atoms with Gasteiger partial charge in [-0.05, 0) is 36.8 Å². The van der Waals surface area contributed by atoms with Gasteiger partial charge in [0, 0.05) is 11.1 Å². The van der Waals surface area contributed by atoms with Crippen LogP contribution in [0.15, 0.2) is 48.5 Å².